The number of hydrogen-bond donors (Lipinski definition) is 2. The van der Waals surface area contributed by atoms with Crippen molar-refractivity contribution in [3.63, 3.8) is 0 Å². The summed E-state index contributed by atoms with van der Waals surface area (Å²) in [6.45, 7) is 3.15. The van der Waals surface area contributed by atoms with Gasteiger partial charge in [-0.3, -0.25) is 0 Å². The van der Waals surface area contributed by atoms with Crippen LogP contribution in [0.5, 0.6) is 5.75 Å². The molecular formula is C24H26N2O2. The highest BCUT2D eigenvalue weighted by molar-refractivity contribution is 5.89. The maximum atomic E-state index is 12.2. The molecule has 2 amide bonds. The van der Waals surface area contributed by atoms with Gasteiger partial charge in [0.05, 0.1) is 6.61 Å². The lowest BCUT2D eigenvalue weighted by molar-refractivity contribution is 0.252. The lowest BCUT2D eigenvalue weighted by Gasteiger charge is -2.18. The standard InChI is InChI=1S/C24H26N2O2/c1-2-28-22-15-13-21(14-16-22)26-24(27)25-18-17-23(19-9-5-3-6-10-19)20-11-7-4-8-12-20/h3-16,23H,2,17-18H2,1H3,(H2,25,26,27). The number of ether oxygens (including phenoxy) is 1. The van der Waals surface area contributed by atoms with Crippen molar-refractivity contribution in [3.05, 3.63) is 96.1 Å². The van der Waals surface area contributed by atoms with E-state index in [4.69, 9.17) is 4.74 Å². The van der Waals surface area contributed by atoms with Gasteiger partial charge in [0.15, 0.2) is 0 Å². The highest BCUT2D eigenvalue weighted by Gasteiger charge is 2.14. The summed E-state index contributed by atoms with van der Waals surface area (Å²) < 4.78 is 5.41. The molecule has 0 aliphatic rings. The molecule has 4 heteroatoms. The third-order valence-electron chi connectivity index (χ3n) is 4.55. The Balaban J connectivity index is 1.56. The van der Waals surface area contributed by atoms with E-state index >= 15 is 0 Å². The Bertz CT molecular complexity index is 809. The zero-order chi connectivity index (χ0) is 19.6. The topological polar surface area (TPSA) is 50.4 Å². The van der Waals surface area contributed by atoms with Crippen LogP contribution in [0.4, 0.5) is 10.5 Å². The van der Waals surface area contributed by atoms with E-state index in [2.05, 4.69) is 59.2 Å². The second-order valence-corrected chi connectivity index (χ2v) is 6.50. The summed E-state index contributed by atoms with van der Waals surface area (Å²) in [6, 6.07) is 28.0. The second-order valence-electron chi connectivity index (χ2n) is 6.50. The molecule has 0 aromatic heterocycles. The van der Waals surface area contributed by atoms with Crippen molar-refractivity contribution in [2.24, 2.45) is 0 Å². The number of hydrogen-bond acceptors (Lipinski definition) is 2. The van der Waals surface area contributed by atoms with Crippen molar-refractivity contribution >= 4 is 11.7 Å². The van der Waals surface area contributed by atoms with Gasteiger partial charge in [-0.1, -0.05) is 60.7 Å². The first-order valence-electron chi connectivity index (χ1n) is 9.64. The Morgan fingerprint density at radius 3 is 1.96 bits per heavy atom. The van der Waals surface area contributed by atoms with Gasteiger partial charge < -0.3 is 15.4 Å². The van der Waals surface area contributed by atoms with Gasteiger partial charge >= 0.3 is 6.03 Å². The molecular weight excluding hydrogens is 348 g/mol. The minimum absolute atomic E-state index is 0.205. The summed E-state index contributed by atoms with van der Waals surface area (Å²) in [6.07, 6.45) is 0.824. The fourth-order valence-electron chi connectivity index (χ4n) is 3.20. The number of nitrogens with one attached hydrogen (secondary N) is 2. The zero-order valence-electron chi connectivity index (χ0n) is 16.1. The van der Waals surface area contributed by atoms with Gasteiger partial charge in [0, 0.05) is 18.2 Å². The van der Waals surface area contributed by atoms with Crippen LogP contribution in [0.1, 0.15) is 30.4 Å². The number of carbonyl (C=O) groups excluding carboxylic acids is 1. The fourth-order valence-corrected chi connectivity index (χ4v) is 3.20. The van der Waals surface area contributed by atoms with E-state index in [-0.39, 0.29) is 11.9 Å². The highest BCUT2D eigenvalue weighted by Crippen LogP contribution is 2.27. The highest BCUT2D eigenvalue weighted by atomic mass is 16.5. The molecule has 0 bridgehead atoms. The molecule has 0 aliphatic carbocycles. The number of amides is 2. The summed E-state index contributed by atoms with van der Waals surface area (Å²) in [4.78, 5) is 12.2. The van der Waals surface area contributed by atoms with Crippen molar-refractivity contribution in [2.45, 2.75) is 19.3 Å². The predicted molar refractivity (Wildman–Crippen MR) is 114 cm³/mol. The van der Waals surface area contributed by atoms with E-state index in [1.807, 2.05) is 43.3 Å². The van der Waals surface area contributed by atoms with Gasteiger partial charge in [-0.25, -0.2) is 4.79 Å². The van der Waals surface area contributed by atoms with E-state index in [1.165, 1.54) is 11.1 Å². The molecule has 3 rings (SSSR count). The molecule has 0 saturated heterocycles. The van der Waals surface area contributed by atoms with Crippen LogP contribution in [0.3, 0.4) is 0 Å². The SMILES string of the molecule is CCOc1ccc(NC(=O)NCCC(c2ccccc2)c2ccccc2)cc1. The maximum absolute atomic E-state index is 12.2. The Morgan fingerprint density at radius 1 is 0.857 bits per heavy atom. The lowest BCUT2D eigenvalue weighted by atomic mass is 9.88. The first-order valence-corrected chi connectivity index (χ1v) is 9.64. The van der Waals surface area contributed by atoms with Crippen LogP contribution in [-0.4, -0.2) is 19.2 Å². The predicted octanol–water partition coefficient (Wildman–Crippen LogP) is 5.43. The van der Waals surface area contributed by atoms with Gasteiger partial charge in [-0.05, 0) is 48.7 Å². The molecule has 2 N–H and O–H groups in total. The van der Waals surface area contributed by atoms with E-state index in [9.17, 15) is 4.79 Å². The molecule has 3 aromatic rings. The molecule has 4 nitrogen and oxygen atoms in total. The third-order valence-corrected chi connectivity index (χ3v) is 4.55. The number of carbonyl (C=O) groups is 1. The summed E-state index contributed by atoms with van der Waals surface area (Å²) in [5.41, 5.74) is 3.24. The van der Waals surface area contributed by atoms with Gasteiger partial charge in [0.2, 0.25) is 0 Å². The van der Waals surface area contributed by atoms with E-state index in [1.54, 1.807) is 0 Å². The normalized spacial score (nSPS) is 10.5. The Hall–Kier alpha value is -3.27. The van der Waals surface area contributed by atoms with Crippen molar-refractivity contribution in [3.8, 4) is 5.75 Å². The Kier molecular flexibility index (Phi) is 7.08. The largest absolute Gasteiger partial charge is 0.494 e. The van der Waals surface area contributed by atoms with Crippen LogP contribution in [0.15, 0.2) is 84.9 Å². The Labute approximate surface area is 166 Å². The summed E-state index contributed by atoms with van der Waals surface area (Å²) in [7, 11) is 0. The van der Waals surface area contributed by atoms with Crippen LogP contribution < -0.4 is 15.4 Å². The molecule has 0 saturated carbocycles. The minimum atomic E-state index is -0.205. The number of urea groups is 1. The molecule has 0 spiro atoms. The smallest absolute Gasteiger partial charge is 0.319 e. The van der Waals surface area contributed by atoms with E-state index < -0.39 is 0 Å². The average Bonchev–Trinajstić information content (AvgIpc) is 2.74. The number of anilines is 1. The summed E-state index contributed by atoms with van der Waals surface area (Å²) in [5, 5.41) is 5.82. The first kappa shape index (κ1) is 19.5. The van der Waals surface area contributed by atoms with Gasteiger partial charge in [-0.2, -0.15) is 0 Å². The summed E-state index contributed by atoms with van der Waals surface area (Å²) in [5.74, 6) is 1.04. The average molecular weight is 374 g/mol. The van der Waals surface area contributed by atoms with Crippen molar-refractivity contribution < 1.29 is 9.53 Å². The fraction of sp³-hybridized carbons (Fsp3) is 0.208. The van der Waals surface area contributed by atoms with Crippen LogP contribution in [0.25, 0.3) is 0 Å². The lowest BCUT2D eigenvalue weighted by Crippen LogP contribution is -2.30. The van der Waals surface area contributed by atoms with Crippen molar-refractivity contribution in [1.82, 2.24) is 5.32 Å². The zero-order valence-corrected chi connectivity index (χ0v) is 16.1. The van der Waals surface area contributed by atoms with E-state index in [0.29, 0.717) is 13.2 Å². The molecule has 0 unspecified atom stereocenters. The molecule has 144 valence electrons. The molecule has 0 atom stereocenters. The third kappa shape index (κ3) is 5.61. The number of benzene rings is 3. The number of rotatable bonds is 8. The molecule has 0 fully saturated rings. The van der Waals surface area contributed by atoms with Crippen LogP contribution >= 0.6 is 0 Å². The van der Waals surface area contributed by atoms with Gasteiger partial charge in [-0.15, -0.1) is 0 Å². The van der Waals surface area contributed by atoms with Crippen LogP contribution in [0.2, 0.25) is 0 Å². The molecule has 0 radical (unpaired) electrons. The Morgan fingerprint density at radius 2 is 1.43 bits per heavy atom. The van der Waals surface area contributed by atoms with E-state index in [0.717, 1.165) is 17.9 Å². The van der Waals surface area contributed by atoms with Crippen molar-refractivity contribution in [1.29, 1.82) is 0 Å². The second kappa shape index (κ2) is 10.2. The van der Waals surface area contributed by atoms with Crippen molar-refractivity contribution in [2.75, 3.05) is 18.5 Å². The van der Waals surface area contributed by atoms with Crippen LogP contribution in [-0.2, 0) is 0 Å². The van der Waals surface area contributed by atoms with Crippen LogP contribution in [0, 0.1) is 0 Å². The van der Waals surface area contributed by atoms with Gasteiger partial charge in [0.1, 0.15) is 5.75 Å². The monoisotopic (exact) mass is 374 g/mol. The maximum Gasteiger partial charge on any atom is 0.319 e. The molecule has 3 aromatic carbocycles. The first-order chi connectivity index (χ1) is 13.8. The van der Waals surface area contributed by atoms with Gasteiger partial charge in [0.25, 0.3) is 0 Å². The summed E-state index contributed by atoms with van der Waals surface area (Å²) >= 11 is 0. The minimum Gasteiger partial charge on any atom is -0.494 e. The molecule has 0 heterocycles. The molecule has 28 heavy (non-hydrogen) atoms. The quantitative estimate of drug-likeness (QED) is 0.552. The molecule has 0 aliphatic heterocycles.